The van der Waals surface area contributed by atoms with Gasteiger partial charge in [0.2, 0.25) is 5.91 Å². The first-order valence-corrected chi connectivity index (χ1v) is 4.92. The van der Waals surface area contributed by atoms with Gasteiger partial charge in [0.05, 0.1) is 5.69 Å². The maximum atomic E-state index is 12.7. The second-order valence-electron chi connectivity index (χ2n) is 2.65. The largest absolute Gasteiger partial charge is 0.297 e. The fraction of sp³-hybridized carbons (Fsp3) is 0.222. The number of rotatable bonds is 3. The highest BCUT2D eigenvalue weighted by molar-refractivity contribution is 9.10. The lowest BCUT2D eigenvalue weighted by molar-refractivity contribution is -0.120. The quantitative estimate of drug-likeness (QED) is 0.820. The van der Waals surface area contributed by atoms with Crippen LogP contribution in [0.15, 0.2) is 22.7 Å². The second kappa shape index (κ2) is 4.95. The number of amides is 1. The Hall–Kier alpha value is -1.10. The SMILES string of the molecule is CCC(=O)NNc1ccc(F)cc1Br. The molecule has 1 aromatic carbocycles. The molecule has 0 fully saturated rings. The van der Waals surface area contributed by atoms with Gasteiger partial charge in [-0.15, -0.1) is 0 Å². The number of nitrogens with one attached hydrogen (secondary N) is 2. The molecule has 1 aromatic rings. The van der Waals surface area contributed by atoms with Crippen molar-refractivity contribution in [3.8, 4) is 0 Å². The van der Waals surface area contributed by atoms with E-state index in [-0.39, 0.29) is 11.7 Å². The van der Waals surface area contributed by atoms with Crippen LogP contribution in [0.5, 0.6) is 0 Å². The maximum Gasteiger partial charge on any atom is 0.238 e. The monoisotopic (exact) mass is 260 g/mol. The first-order valence-electron chi connectivity index (χ1n) is 4.13. The molecule has 14 heavy (non-hydrogen) atoms. The molecule has 0 heterocycles. The Morgan fingerprint density at radius 3 is 2.86 bits per heavy atom. The van der Waals surface area contributed by atoms with Gasteiger partial charge in [0, 0.05) is 10.9 Å². The van der Waals surface area contributed by atoms with Crippen molar-refractivity contribution >= 4 is 27.5 Å². The molecule has 0 bridgehead atoms. The number of hydrazine groups is 1. The van der Waals surface area contributed by atoms with Gasteiger partial charge in [-0.05, 0) is 34.1 Å². The molecule has 0 spiro atoms. The van der Waals surface area contributed by atoms with Gasteiger partial charge in [-0.2, -0.15) is 0 Å². The molecule has 3 nitrogen and oxygen atoms in total. The van der Waals surface area contributed by atoms with Crippen LogP contribution < -0.4 is 10.9 Å². The van der Waals surface area contributed by atoms with Crippen LogP contribution >= 0.6 is 15.9 Å². The molecule has 0 radical (unpaired) electrons. The average Bonchev–Trinajstić information content (AvgIpc) is 2.16. The Morgan fingerprint density at radius 1 is 1.57 bits per heavy atom. The molecule has 0 atom stereocenters. The molecule has 1 rings (SSSR count). The Kier molecular flexibility index (Phi) is 3.88. The number of anilines is 1. The minimum absolute atomic E-state index is 0.124. The highest BCUT2D eigenvalue weighted by Gasteiger charge is 2.01. The van der Waals surface area contributed by atoms with Crippen molar-refractivity contribution in [3.63, 3.8) is 0 Å². The molecule has 0 aliphatic rings. The lowest BCUT2D eigenvalue weighted by Crippen LogP contribution is -2.28. The molecule has 2 N–H and O–H groups in total. The van der Waals surface area contributed by atoms with Crippen LogP contribution in [-0.4, -0.2) is 5.91 Å². The number of carbonyl (C=O) groups is 1. The summed E-state index contributed by atoms with van der Waals surface area (Å²) in [6.45, 7) is 1.75. The molecule has 0 unspecified atom stereocenters. The molecule has 0 saturated heterocycles. The van der Waals surface area contributed by atoms with Gasteiger partial charge in [-0.1, -0.05) is 6.92 Å². The van der Waals surface area contributed by atoms with Crippen LogP contribution in [0.25, 0.3) is 0 Å². The summed E-state index contributed by atoms with van der Waals surface area (Å²) in [5.74, 6) is -0.453. The minimum atomic E-state index is -0.329. The first-order chi connectivity index (χ1) is 6.63. The zero-order chi connectivity index (χ0) is 10.6. The summed E-state index contributed by atoms with van der Waals surface area (Å²) < 4.78 is 13.2. The van der Waals surface area contributed by atoms with Gasteiger partial charge < -0.3 is 0 Å². The first kappa shape index (κ1) is 11.0. The van der Waals surface area contributed by atoms with E-state index in [4.69, 9.17) is 0 Å². The summed E-state index contributed by atoms with van der Waals surface area (Å²) in [5.41, 5.74) is 5.76. The summed E-state index contributed by atoms with van der Waals surface area (Å²) in [6.07, 6.45) is 0.395. The van der Waals surface area contributed by atoms with E-state index < -0.39 is 0 Å². The molecular weight excluding hydrogens is 251 g/mol. The predicted octanol–water partition coefficient (Wildman–Crippen LogP) is 2.44. The van der Waals surface area contributed by atoms with E-state index >= 15 is 0 Å². The van der Waals surface area contributed by atoms with Gasteiger partial charge in [0.25, 0.3) is 0 Å². The van der Waals surface area contributed by atoms with Gasteiger partial charge in [0.1, 0.15) is 5.82 Å². The van der Waals surface area contributed by atoms with Crippen molar-refractivity contribution in [2.75, 3.05) is 5.43 Å². The molecule has 76 valence electrons. The number of hydrogen-bond acceptors (Lipinski definition) is 2. The number of hydrogen-bond donors (Lipinski definition) is 2. The molecule has 0 saturated carbocycles. The summed E-state index contributed by atoms with van der Waals surface area (Å²) >= 11 is 3.17. The van der Waals surface area contributed by atoms with Crippen LogP contribution in [0.2, 0.25) is 0 Å². The summed E-state index contributed by atoms with van der Waals surface area (Å²) in [4.78, 5) is 10.9. The van der Waals surface area contributed by atoms with Crippen LogP contribution in [-0.2, 0) is 4.79 Å². The zero-order valence-electron chi connectivity index (χ0n) is 7.60. The standard InChI is InChI=1S/C9H10BrFN2O/c1-2-9(14)13-12-8-4-3-6(11)5-7(8)10/h3-5,12H,2H2,1H3,(H,13,14). The van der Waals surface area contributed by atoms with E-state index in [0.717, 1.165) is 0 Å². The fourth-order valence-corrected chi connectivity index (χ4v) is 1.27. The van der Waals surface area contributed by atoms with E-state index in [9.17, 15) is 9.18 Å². The number of carbonyl (C=O) groups excluding carboxylic acids is 1. The van der Waals surface area contributed by atoms with Crippen LogP contribution in [0.4, 0.5) is 10.1 Å². The van der Waals surface area contributed by atoms with E-state index in [1.807, 2.05) is 0 Å². The van der Waals surface area contributed by atoms with Crippen molar-refractivity contribution in [1.29, 1.82) is 0 Å². The average molecular weight is 261 g/mol. The molecule has 5 heteroatoms. The predicted molar refractivity (Wildman–Crippen MR) is 56.2 cm³/mol. The lowest BCUT2D eigenvalue weighted by Gasteiger charge is -2.08. The lowest BCUT2D eigenvalue weighted by atomic mass is 10.3. The summed E-state index contributed by atoms with van der Waals surface area (Å²) in [7, 11) is 0. The van der Waals surface area contributed by atoms with Crippen LogP contribution in [0.3, 0.4) is 0 Å². The molecule has 0 aliphatic carbocycles. The molecular formula is C9H10BrFN2O. The van der Waals surface area contributed by atoms with E-state index in [2.05, 4.69) is 26.8 Å². The third kappa shape index (κ3) is 2.99. The van der Waals surface area contributed by atoms with Crippen LogP contribution in [0, 0.1) is 5.82 Å². The van der Waals surface area contributed by atoms with Crippen molar-refractivity contribution in [2.24, 2.45) is 0 Å². The maximum absolute atomic E-state index is 12.7. The van der Waals surface area contributed by atoms with Gasteiger partial charge in [-0.25, -0.2) is 4.39 Å². The summed E-state index contributed by atoms with van der Waals surface area (Å²) in [5, 5.41) is 0. The Morgan fingerprint density at radius 2 is 2.29 bits per heavy atom. The Labute approximate surface area is 89.8 Å². The van der Waals surface area contributed by atoms with Crippen molar-refractivity contribution < 1.29 is 9.18 Å². The second-order valence-corrected chi connectivity index (χ2v) is 3.51. The van der Waals surface area contributed by atoms with Crippen LogP contribution in [0.1, 0.15) is 13.3 Å². The third-order valence-electron chi connectivity index (χ3n) is 1.59. The van der Waals surface area contributed by atoms with Gasteiger partial charge in [0.15, 0.2) is 0 Å². The van der Waals surface area contributed by atoms with E-state index in [0.29, 0.717) is 16.6 Å². The highest BCUT2D eigenvalue weighted by Crippen LogP contribution is 2.22. The highest BCUT2D eigenvalue weighted by atomic mass is 79.9. The third-order valence-corrected chi connectivity index (χ3v) is 2.24. The van der Waals surface area contributed by atoms with Crippen molar-refractivity contribution in [3.05, 3.63) is 28.5 Å². The van der Waals surface area contributed by atoms with E-state index in [1.165, 1.54) is 18.2 Å². The normalized spacial score (nSPS) is 9.64. The molecule has 0 aromatic heterocycles. The minimum Gasteiger partial charge on any atom is -0.297 e. The van der Waals surface area contributed by atoms with Crippen molar-refractivity contribution in [2.45, 2.75) is 13.3 Å². The molecule has 1 amide bonds. The van der Waals surface area contributed by atoms with Gasteiger partial charge in [-0.3, -0.25) is 15.6 Å². The van der Waals surface area contributed by atoms with Gasteiger partial charge >= 0.3 is 0 Å². The topological polar surface area (TPSA) is 41.1 Å². The fourth-order valence-electron chi connectivity index (χ4n) is 0.816. The number of benzene rings is 1. The van der Waals surface area contributed by atoms with E-state index in [1.54, 1.807) is 6.92 Å². The van der Waals surface area contributed by atoms with Crippen molar-refractivity contribution in [1.82, 2.24) is 5.43 Å². The summed E-state index contributed by atoms with van der Waals surface area (Å²) in [6, 6.07) is 4.17. The smallest absolute Gasteiger partial charge is 0.238 e. The Balaban J connectivity index is 2.63. The Bertz CT molecular complexity index is 344. The number of halogens is 2. The molecule has 0 aliphatic heterocycles. The zero-order valence-corrected chi connectivity index (χ0v) is 9.19.